The summed E-state index contributed by atoms with van der Waals surface area (Å²) in [4.78, 5) is 2.09. The Morgan fingerprint density at radius 2 is 1.38 bits per heavy atom. The van der Waals surface area contributed by atoms with E-state index >= 15 is 0 Å². The van der Waals surface area contributed by atoms with E-state index in [4.69, 9.17) is 9.47 Å². The number of likely N-dealkylation sites (N-methyl/N-ethyl adjacent to an activating group) is 1. The van der Waals surface area contributed by atoms with Crippen molar-refractivity contribution in [1.29, 1.82) is 0 Å². The molecule has 0 fully saturated rings. The van der Waals surface area contributed by atoms with E-state index in [1.54, 1.807) is 0 Å². The Morgan fingerprint density at radius 3 is 2.03 bits per heavy atom. The molecule has 0 saturated carbocycles. The lowest BCUT2D eigenvalue weighted by Crippen LogP contribution is -2.32. The molecule has 4 nitrogen and oxygen atoms in total. The predicted octanol–water partition coefficient (Wildman–Crippen LogP) is 4.62. The Balaban J connectivity index is 1.43. The third kappa shape index (κ3) is 6.63. The van der Waals surface area contributed by atoms with Crippen molar-refractivity contribution in [2.75, 3.05) is 26.8 Å². The van der Waals surface area contributed by atoms with Gasteiger partial charge in [0.05, 0.1) is 6.61 Å². The molecule has 3 rings (SSSR count). The van der Waals surface area contributed by atoms with Crippen LogP contribution in [0.5, 0.6) is 11.5 Å². The van der Waals surface area contributed by atoms with Crippen LogP contribution in [-0.4, -0.2) is 42.9 Å². The number of aliphatic hydroxyl groups is 1. The molecule has 0 saturated heterocycles. The van der Waals surface area contributed by atoms with Gasteiger partial charge in [0.15, 0.2) is 0 Å². The normalized spacial score (nSPS) is 12.0. The minimum Gasteiger partial charge on any atom is -0.494 e. The Hall–Kier alpha value is -2.82. The van der Waals surface area contributed by atoms with E-state index in [0.29, 0.717) is 13.2 Å². The van der Waals surface area contributed by atoms with Gasteiger partial charge in [-0.2, -0.15) is 0 Å². The first-order valence-corrected chi connectivity index (χ1v) is 10.0. The van der Waals surface area contributed by atoms with Crippen LogP contribution in [0.1, 0.15) is 12.5 Å². The third-order valence-electron chi connectivity index (χ3n) is 4.61. The molecule has 0 radical (unpaired) electrons. The third-order valence-corrected chi connectivity index (χ3v) is 4.61. The van der Waals surface area contributed by atoms with Gasteiger partial charge in [0.2, 0.25) is 0 Å². The highest BCUT2D eigenvalue weighted by Gasteiger charge is 2.10. The summed E-state index contributed by atoms with van der Waals surface area (Å²) in [6, 6.07) is 26.3. The van der Waals surface area contributed by atoms with Crippen LogP contribution < -0.4 is 9.47 Å². The first-order chi connectivity index (χ1) is 14.1. The molecular weight excluding hydrogens is 362 g/mol. The van der Waals surface area contributed by atoms with E-state index in [9.17, 15) is 5.11 Å². The van der Waals surface area contributed by atoms with Gasteiger partial charge in [-0.1, -0.05) is 54.6 Å². The standard InChI is InChI=1S/C25H29NO3/c1-3-28-24-13-9-20(10-14-24)17-26(2)18-23(27)19-29-25-15-11-22(12-16-25)21-7-5-4-6-8-21/h4-16,23,27H,3,17-19H2,1-2H3. The predicted molar refractivity (Wildman–Crippen MR) is 117 cm³/mol. The van der Waals surface area contributed by atoms with Crippen LogP contribution in [0.2, 0.25) is 0 Å². The number of nitrogens with zero attached hydrogens (tertiary/aromatic N) is 1. The maximum Gasteiger partial charge on any atom is 0.119 e. The number of hydrogen-bond donors (Lipinski definition) is 1. The second kappa shape index (κ2) is 10.6. The molecule has 4 heteroatoms. The summed E-state index contributed by atoms with van der Waals surface area (Å²) in [5.74, 6) is 1.64. The van der Waals surface area contributed by atoms with Crippen LogP contribution in [0, 0.1) is 0 Å². The summed E-state index contributed by atoms with van der Waals surface area (Å²) in [7, 11) is 1.99. The molecule has 29 heavy (non-hydrogen) atoms. The van der Waals surface area contributed by atoms with E-state index < -0.39 is 6.10 Å². The number of hydrogen-bond acceptors (Lipinski definition) is 4. The van der Waals surface area contributed by atoms with Crippen LogP contribution in [0.25, 0.3) is 11.1 Å². The van der Waals surface area contributed by atoms with Gasteiger partial charge in [0, 0.05) is 13.1 Å². The van der Waals surface area contributed by atoms with Gasteiger partial charge < -0.3 is 14.6 Å². The van der Waals surface area contributed by atoms with Crippen molar-refractivity contribution in [2.24, 2.45) is 0 Å². The number of benzene rings is 3. The molecule has 0 aliphatic rings. The molecule has 0 amide bonds. The van der Waals surface area contributed by atoms with Gasteiger partial charge >= 0.3 is 0 Å². The Bertz CT molecular complexity index is 848. The second-order valence-corrected chi connectivity index (χ2v) is 7.13. The van der Waals surface area contributed by atoms with Crippen LogP contribution in [-0.2, 0) is 6.54 Å². The highest BCUT2D eigenvalue weighted by atomic mass is 16.5. The number of ether oxygens (including phenoxy) is 2. The van der Waals surface area contributed by atoms with Crippen molar-refractivity contribution >= 4 is 0 Å². The maximum atomic E-state index is 10.3. The summed E-state index contributed by atoms with van der Waals surface area (Å²) in [6.07, 6.45) is -0.559. The van der Waals surface area contributed by atoms with Gasteiger partial charge in [-0.3, -0.25) is 4.90 Å². The highest BCUT2D eigenvalue weighted by Crippen LogP contribution is 2.22. The molecule has 0 heterocycles. The van der Waals surface area contributed by atoms with Crippen molar-refractivity contribution in [2.45, 2.75) is 19.6 Å². The van der Waals surface area contributed by atoms with E-state index in [0.717, 1.165) is 23.6 Å². The molecule has 0 aliphatic carbocycles. The molecule has 0 aromatic heterocycles. The monoisotopic (exact) mass is 391 g/mol. The van der Waals surface area contributed by atoms with E-state index in [1.165, 1.54) is 11.1 Å². The van der Waals surface area contributed by atoms with E-state index in [1.807, 2.05) is 68.6 Å². The largest absolute Gasteiger partial charge is 0.494 e. The molecular formula is C25H29NO3. The Labute approximate surface area is 173 Å². The zero-order valence-corrected chi connectivity index (χ0v) is 17.1. The zero-order valence-electron chi connectivity index (χ0n) is 17.1. The molecule has 0 bridgehead atoms. The summed E-state index contributed by atoms with van der Waals surface area (Å²) in [5, 5.41) is 10.3. The van der Waals surface area contributed by atoms with Crippen molar-refractivity contribution in [3.05, 3.63) is 84.4 Å². The molecule has 152 valence electrons. The smallest absolute Gasteiger partial charge is 0.119 e. The van der Waals surface area contributed by atoms with Gasteiger partial charge in [-0.05, 0) is 54.9 Å². The minimum absolute atomic E-state index is 0.262. The molecule has 3 aromatic carbocycles. The molecule has 1 N–H and O–H groups in total. The maximum absolute atomic E-state index is 10.3. The Morgan fingerprint density at radius 1 is 0.793 bits per heavy atom. The fraction of sp³-hybridized carbons (Fsp3) is 0.280. The highest BCUT2D eigenvalue weighted by molar-refractivity contribution is 5.63. The van der Waals surface area contributed by atoms with Crippen molar-refractivity contribution < 1.29 is 14.6 Å². The molecule has 0 spiro atoms. The summed E-state index contributed by atoms with van der Waals surface area (Å²) >= 11 is 0. The molecule has 1 atom stereocenters. The molecule has 3 aromatic rings. The fourth-order valence-electron chi connectivity index (χ4n) is 3.21. The first-order valence-electron chi connectivity index (χ1n) is 10.0. The van der Waals surface area contributed by atoms with Gasteiger partial charge in [0.1, 0.15) is 24.2 Å². The average Bonchev–Trinajstić information content (AvgIpc) is 2.75. The molecule has 1 unspecified atom stereocenters. The van der Waals surface area contributed by atoms with Gasteiger partial charge in [0.25, 0.3) is 0 Å². The van der Waals surface area contributed by atoms with Crippen molar-refractivity contribution in [3.8, 4) is 22.6 Å². The lowest BCUT2D eigenvalue weighted by molar-refractivity contribution is 0.0744. The lowest BCUT2D eigenvalue weighted by Gasteiger charge is -2.21. The first kappa shape index (κ1) is 20.9. The van der Waals surface area contributed by atoms with Crippen LogP contribution in [0.4, 0.5) is 0 Å². The van der Waals surface area contributed by atoms with Crippen molar-refractivity contribution in [3.63, 3.8) is 0 Å². The van der Waals surface area contributed by atoms with Crippen LogP contribution in [0.15, 0.2) is 78.9 Å². The number of rotatable bonds is 10. The second-order valence-electron chi connectivity index (χ2n) is 7.13. The van der Waals surface area contributed by atoms with Crippen LogP contribution >= 0.6 is 0 Å². The summed E-state index contributed by atoms with van der Waals surface area (Å²) < 4.78 is 11.2. The Kier molecular flexibility index (Phi) is 7.68. The summed E-state index contributed by atoms with van der Waals surface area (Å²) in [5.41, 5.74) is 3.50. The van der Waals surface area contributed by atoms with Crippen molar-refractivity contribution in [1.82, 2.24) is 4.90 Å². The van der Waals surface area contributed by atoms with E-state index in [2.05, 4.69) is 29.2 Å². The fourth-order valence-corrected chi connectivity index (χ4v) is 3.21. The topological polar surface area (TPSA) is 41.9 Å². The van der Waals surface area contributed by atoms with Crippen LogP contribution in [0.3, 0.4) is 0 Å². The minimum atomic E-state index is -0.559. The van der Waals surface area contributed by atoms with Gasteiger partial charge in [-0.15, -0.1) is 0 Å². The van der Waals surface area contributed by atoms with E-state index in [-0.39, 0.29) is 6.61 Å². The SMILES string of the molecule is CCOc1ccc(CN(C)CC(O)COc2ccc(-c3ccccc3)cc2)cc1. The summed E-state index contributed by atoms with van der Waals surface area (Å²) in [6.45, 7) is 4.20. The number of aliphatic hydroxyl groups excluding tert-OH is 1. The lowest BCUT2D eigenvalue weighted by atomic mass is 10.1. The average molecular weight is 392 g/mol. The quantitative estimate of drug-likeness (QED) is 0.547. The van der Waals surface area contributed by atoms with Gasteiger partial charge in [-0.25, -0.2) is 0 Å². The molecule has 0 aliphatic heterocycles. The zero-order chi connectivity index (χ0) is 20.5.